The van der Waals surface area contributed by atoms with Crippen LogP contribution in [-0.4, -0.2) is 24.3 Å². The molecule has 11 heavy (non-hydrogen) atoms. The van der Waals surface area contributed by atoms with Gasteiger partial charge in [0, 0.05) is 12.6 Å². The molecule has 0 saturated carbocycles. The van der Waals surface area contributed by atoms with E-state index in [9.17, 15) is 0 Å². The second-order valence-corrected chi connectivity index (χ2v) is 3.01. The normalized spacial score (nSPS) is 25.0. The summed E-state index contributed by atoms with van der Waals surface area (Å²) in [4.78, 5) is 0. The Morgan fingerprint density at radius 1 is 1.45 bits per heavy atom. The molecular formula is C9H17NO. The largest absolute Gasteiger partial charge is 0.396 e. The van der Waals surface area contributed by atoms with Crippen LogP contribution in [0.5, 0.6) is 0 Å². The minimum atomic E-state index is 0.272. The van der Waals surface area contributed by atoms with Crippen molar-refractivity contribution in [1.82, 2.24) is 5.32 Å². The molecule has 0 aromatic rings. The highest BCUT2D eigenvalue weighted by Crippen LogP contribution is 2.08. The maximum absolute atomic E-state index is 8.49. The Balaban J connectivity index is 2.01. The Hall–Kier alpha value is -0.340. The standard InChI is InChI=1S/C9H17NO/c11-8-3-1-2-5-9-6-4-7-10-9/h1-2,9-11H,3-8H2/b2-1-. The molecule has 1 saturated heterocycles. The molecule has 0 amide bonds. The van der Waals surface area contributed by atoms with Gasteiger partial charge in [-0.15, -0.1) is 0 Å². The van der Waals surface area contributed by atoms with E-state index in [4.69, 9.17) is 5.11 Å². The highest BCUT2D eigenvalue weighted by atomic mass is 16.2. The van der Waals surface area contributed by atoms with Crippen LogP contribution in [0.2, 0.25) is 0 Å². The lowest BCUT2D eigenvalue weighted by Crippen LogP contribution is -2.19. The van der Waals surface area contributed by atoms with Crippen LogP contribution in [0.1, 0.15) is 25.7 Å². The first-order valence-electron chi connectivity index (χ1n) is 4.42. The lowest BCUT2D eigenvalue weighted by Gasteiger charge is -2.04. The van der Waals surface area contributed by atoms with E-state index in [1.807, 2.05) is 0 Å². The zero-order valence-electron chi connectivity index (χ0n) is 6.92. The molecule has 2 N–H and O–H groups in total. The number of nitrogens with one attached hydrogen (secondary N) is 1. The molecule has 1 heterocycles. The van der Waals surface area contributed by atoms with E-state index in [1.165, 1.54) is 19.4 Å². The van der Waals surface area contributed by atoms with Crippen molar-refractivity contribution in [1.29, 1.82) is 0 Å². The Bertz CT molecular complexity index is 117. The molecule has 2 heteroatoms. The Labute approximate surface area is 68.3 Å². The van der Waals surface area contributed by atoms with Crippen molar-refractivity contribution < 1.29 is 5.11 Å². The average Bonchev–Trinajstić information content (AvgIpc) is 2.50. The lowest BCUT2D eigenvalue weighted by molar-refractivity contribution is 0.302. The molecule has 0 spiro atoms. The van der Waals surface area contributed by atoms with Crippen molar-refractivity contribution in [2.24, 2.45) is 0 Å². The monoisotopic (exact) mass is 155 g/mol. The average molecular weight is 155 g/mol. The summed E-state index contributed by atoms with van der Waals surface area (Å²) in [6.07, 6.45) is 8.77. The minimum absolute atomic E-state index is 0.272. The molecule has 1 fully saturated rings. The molecule has 0 radical (unpaired) electrons. The second-order valence-electron chi connectivity index (χ2n) is 3.01. The van der Waals surface area contributed by atoms with Gasteiger partial charge in [-0.3, -0.25) is 0 Å². The van der Waals surface area contributed by atoms with Gasteiger partial charge in [-0.25, -0.2) is 0 Å². The summed E-state index contributed by atoms with van der Waals surface area (Å²) in [7, 11) is 0. The van der Waals surface area contributed by atoms with Crippen LogP contribution in [0.3, 0.4) is 0 Å². The van der Waals surface area contributed by atoms with Crippen LogP contribution in [0.15, 0.2) is 12.2 Å². The minimum Gasteiger partial charge on any atom is -0.396 e. The van der Waals surface area contributed by atoms with Gasteiger partial charge < -0.3 is 10.4 Å². The van der Waals surface area contributed by atoms with Crippen molar-refractivity contribution in [3.8, 4) is 0 Å². The van der Waals surface area contributed by atoms with E-state index in [0.717, 1.165) is 12.8 Å². The van der Waals surface area contributed by atoms with E-state index < -0.39 is 0 Å². The third kappa shape index (κ3) is 3.54. The number of aliphatic hydroxyl groups is 1. The zero-order valence-corrected chi connectivity index (χ0v) is 6.92. The van der Waals surface area contributed by atoms with E-state index in [0.29, 0.717) is 6.04 Å². The van der Waals surface area contributed by atoms with Gasteiger partial charge in [0.1, 0.15) is 0 Å². The lowest BCUT2D eigenvalue weighted by atomic mass is 10.1. The van der Waals surface area contributed by atoms with E-state index in [2.05, 4.69) is 17.5 Å². The Morgan fingerprint density at radius 3 is 3.00 bits per heavy atom. The molecule has 0 bridgehead atoms. The summed E-state index contributed by atoms with van der Waals surface area (Å²) in [5, 5.41) is 11.9. The van der Waals surface area contributed by atoms with Crippen molar-refractivity contribution in [2.45, 2.75) is 31.7 Å². The number of hydrogen-bond donors (Lipinski definition) is 2. The van der Waals surface area contributed by atoms with Gasteiger partial charge in [0.2, 0.25) is 0 Å². The first kappa shape index (κ1) is 8.75. The number of rotatable bonds is 4. The fourth-order valence-corrected chi connectivity index (χ4v) is 1.41. The topological polar surface area (TPSA) is 32.3 Å². The molecule has 1 aliphatic heterocycles. The summed E-state index contributed by atoms with van der Waals surface area (Å²) in [6, 6.07) is 0.699. The molecule has 1 atom stereocenters. The van der Waals surface area contributed by atoms with Crippen LogP contribution in [0, 0.1) is 0 Å². The maximum atomic E-state index is 8.49. The summed E-state index contributed by atoms with van der Waals surface area (Å²) in [5.74, 6) is 0. The summed E-state index contributed by atoms with van der Waals surface area (Å²) in [6.45, 7) is 1.45. The predicted octanol–water partition coefficient (Wildman–Crippen LogP) is 1.07. The third-order valence-corrected chi connectivity index (χ3v) is 2.05. The van der Waals surface area contributed by atoms with Crippen LogP contribution in [0.25, 0.3) is 0 Å². The van der Waals surface area contributed by atoms with E-state index in [-0.39, 0.29) is 6.61 Å². The summed E-state index contributed by atoms with van der Waals surface area (Å²) < 4.78 is 0. The molecule has 0 aromatic carbocycles. The van der Waals surface area contributed by atoms with Crippen molar-refractivity contribution in [3.63, 3.8) is 0 Å². The smallest absolute Gasteiger partial charge is 0.0465 e. The highest BCUT2D eigenvalue weighted by molar-refractivity contribution is 4.88. The maximum Gasteiger partial charge on any atom is 0.0465 e. The van der Waals surface area contributed by atoms with E-state index >= 15 is 0 Å². The first-order chi connectivity index (χ1) is 5.43. The van der Waals surface area contributed by atoms with Crippen LogP contribution in [0.4, 0.5) is 0 Å². The summed E-state index contributed by atoms with van der Waals surface area (Å²) in [5.41, 5.74) is 0. The zero-order chi connectivity index (χ0) is 7.94. The molecule has 0 aromatic heterocycles. The van der Waals surface area contributed by atoms with Crippen molar-refractivity contribution >= 4 is 0 Å². The van der Waals surface area contributed by atoms with Gasteiger partial charge in [-0.2, -0.15) is 0 Å². The molecule has 64 valence electrons. The molecule has 0 aliphatic carbocycles. The fourth-order valence-electron chi connectivity index (χ4n) is 1.41. The highest BCUT2D eigenvalue weighted by Gasteiger charge is 2.10. The molecule has 1 aliphatic rings. The predicted molar refractivity (Wildman–Crippen MR) is 46.5 cm³/mol. The Morgan fingerprint density at radius 2 is 2.36 bits per heavy atom. The van der Waals surface area contributed by atoms with Crippen LogP contribution < -0.4 is 5.32 Å². The second kappa shape index (κ2) is 5.33. The van der Waals surface area contributed by atoms with Gasteiger partial charge in [0.25, 0.3) is 0 Å². The van der Waals surface area contributed by atoms with Gasteiger partial charge in [0.05, 0.1) is 0 Å². The molecule has 1 rings (SSSR count). The number of hydrogen-bond acceptors (Lipinski definition) is 2. The van der Waals surface area contributed by atoms with Gasteiger partial charge >= 0.3 is 0 Å². The molecule has 2 nitrogen and oxygen atoms in total. The summed E-state index contributed by atoms with van der Waals surface area (Å²) >= 11 is 0. The van der Waals surface area contributed by atoms with Gasteiger partial charge in [-0.1, -0.05) is 12.2 Å². The third-order valence-electron chi connectivity index (χ3n) is 2.05. The molecule has 1 unspecified atom stereocenters. The van der Waals surface area contributed by atoms with Crippen molar-refractivity contribution in [2.75, 3.05) is 13.2 Å². The number of aliphatic hydroxyl groups excluding tert-OH is 1. The Kier molecular flexibility index (Phi) is 4.24. The van der Waals surface area contributed by atoms with Crippen LogP contribution >= 0.6 is 0 Å². The van der Waals surface area contributed by atoms with Gasteiger partial charge in [-0.05, 0) is 32.2 Å². The molecular weight excluding hydrogens is 138 g/mol. The van der Waals surface area contributed by atoms with Crippen LogP contribution in [-0.2, 0) is 0 Å². The first-order valence-corrected chi connectivity index (χ1v) is 4.42. The fraction of sp³-hybridized carbons (Fsp3) is 0.778. The quantitative estimate of drug-likeness (QED) is 0.595. The van der Waals surface area contributed by atoms with Crippen molar-refractivity contribution in [3.05, 3.63) is 12.2 Å². The SMILES string of the molecule is OCC/C=C\CC1CCCN1. The van der Waals surface area contributed by atoms with E-state index in [1.54, 1.807) is 0 Å². The van der Waals surface area contributed by atoms with Gasteiger partial charge in [0.15, 0.2) is 0 Å².